The molecule has 0 fully saturated rings. The number of nitrogens with one attached hydrogen (secondary N) is 1. The zero-order valence-electron chi connectivity index (χ0n) is 11.4. The number of halogens is 3. The summed E-state index contributed by atoms with van der Waals surface area (Å²) in [4.78, 5) is 0. The molecule has 0 aromatic heterocycles. The highest BCUT2D eigenvalue weighted by Crippen LogP contribution is 2.21. The molecule has 0 saturated heterocycles. The van der Waals surface area contributed by atoms with Crippen molar-refractivity contribution in [1.29, 1.82) is 0 Å². The van der Waals surface area contributed by atoms with Gasteiger partial charge in [-0.2, -0.15) is 0 Å². The van der Waals surface area contributed by atoms with Crippen molar-refractivity contribution >= 4 is 0 Å². The fourth-order valence-corrected chi connectivity index (χ4v) is 2.17. The van der Waals surface area contributed by atoms with Crippen molar-refractivity contribution in [3.63, 3.8) is 0 Å². The Morgan fingerprint density at radius 1 is 0.950 bits per heavy atom. The highest BCUT2D eigenvalue weighted by atomic mass is 19.2. The maximum absolute atomic E-state index is 13.3. The molecule has 106 valence electrons. The van der Waals surface area contributed by atoms with Crippen LogP contribution in [0.25, 0.3) is 0 Å². The van der Waals surface area contributed by atoms with E-state index in [1.165, 1.54) is 12.1 Å². The van der Waals surface area contributed by atoms with Crippen LogP contribution in [0, 0.1) is 24.4 Å². The molecule has 4 heteroatoms. The summed E-state index contributed by atoms with van der Waals surface area (Å²) in [6, 6.07) is 8.65. The number of hydrogen-bond donors (Lipinski definition) is 1. The van der Waals surface area contributed by atoms with Crippen LogP contribution in [-0.4, -0.2) is 7.05 Å². The summed E-state index contributed by atoms with van der Waals surface area (Å²) >= 11 is 0. The maximum atomic E-state index is 13.3. The monoisotopic (exact) mass is 279 g/mol. The molecule has 1 unspecified atom stereocenters. The molecule has 0 heterocycles. The van der Waals surface area contributed by atoms with E-state index in [-0.39, 0.29) is 11.9 Å². The number of rotatable bonds is 4. The molecule has 2 rings (SSSR count). The average Bonchev–Trinajstić information content (AvgIpc) is 2.43. The minimum Gasteiger partial charge on any atom is -0.313 e. The second-order valence-corrected chi connectivity index (χ2v) is 4.80. The van der Waals surface area contributed by atoms with Crippen molar-refractivity contribution in [2.45, 2.75) is 19.4 Å². The molecule has 0 aliphatic rings. The standard InChI is InChI=1S/C16H16F3N/c1-10-7-12(4-6-13(10)17)16(20-2)9-11-3-5-14(18)15(19)8-11/h3-8,16,20H,9H2,1-2H3. The lowest BCUT2D eigenvalue weighted by atomic mass is 9.97. The van der Waals surface area contributed by atoms with Crippen LogP contribution in [-0.2, 0) is 6.42 Å². The van der Waals surface area contributed by atoms with Gasteiger partial charge < -0.3 is 5.32 Å². The Labute approximate surface area is 116 Å². The molecule has 0 aliphatic carbocycles. The molecule has 20 heavy (non-hydrogen) atoms. The normalized spacial score (nSPS) is 12.4. The van der Waals surface area contributed by atoms with Crippen LogP contribution in [0.15, 0.2) is 36.4 Å². The van der Waals surface area contributed by atoms with Crippen LogP contribution in [0.3, 0.4) is 0 Å². The molecular formula is C16H16F3N. The molecule has 0 saturated carbocycles. The lowest BCUT2D eigenvalue weighted by Crippen LogP contribution is -2.19. The minimum absolute atomic E-state index is 0.0841. The average molecular weight is 279 g/mol. The smallest absolute Gasteiger partial charge is 0.159 e. The first-order chi connectivity index (χ1) is 9.51. The highest BCUT2D eigenvalue weighted by molar-refractivity contribution is 5.29. The molecule has 1 N–H and O–H groups in total. The first-order valence-corrected chi connectivity index (χ1v) is 6.38. The summed E-state index contributed by atoms with van der Waals surface area (Å²) in [7, 11) is 1.78. The van der Waals surface area contributed by atoms with Crippen LogP contribution in [0.4, 0.5) is 13.2 Å². The van der Waals surface area contributed by atoms with E-state index in [9.17, 15) is 13.2 Å². The van der Waals surface area contributed by atoms with Gasteiger partial charge in [-0.1, -0.05) is 18.2 Å². The van der Waals surface area contributed by atoms with Crippen molar-refractivity contribution in [2.24, 2.45) is 0 Å². The fraction of sp³-hybridized carbons (Fsp3) is 0.250. The Morgan fingerprint density at radius 2 is 1.65 bits per heavy atom. The molecule has 1 nitrogen and oxygen atoms in total. The molecule has 0 bridgehead atoms. The maximum Gasteiger partial charge on any atom is 0.159 e. The number of aryl methyl sites for hydroxylation is 1. The van der Waals surface area contributed by atoms with E-state index in [4.69, 9.17) is 0 Å². The van der Waals surface area contributed by atoms with E-state index in [2.05, 4.69) is 5.32 Å². The third-order valence-corrected chi connectivity index (χ3v) is 3.36. The Kier molecular flexibility index (Phi) is 4.45. The summed E-state index contributed by atoms with van der Waals surface area (Å²) in [5, 5.41) is 3.11. The first kappa shape index (κ1) is 14.6. The first-order valence-electron chi connectivity index (χ1n) is 6.38. The summed E-state index contributed by atoms with van der Waals surface area (Å²) < 4.78 is 39.4. The predicted molar refractivity (Wildman–Crippen MR) is 73.0 cm³/mol. The number of likely N-dealkylation sites (N-methyl/N-ethyl adjacent to an activating group) is 1. The molecule has 2 aromatic carbocycles. The minimum atomic E-state index is -0.854. The van der Waals surface area contributed by atoms with E-state index in [1.54, 1.807) is 32.2 Å². The second-order valence-electron chi connectivity index (χ2n) is 4.80. The second kappa shape index (κ2) is 6.09. The predicted octanol–water partition coefficient (Wildman–Crippen LogP) is 3.92. The third-order valence-electron chi connectivity index (χ3n) is 3.36. The topological polar surface area (TPSA) is 12.0 Å². The third kappa shape index (κ3) is 3.20. The van der Waals surface area contributed by atoms with Crippen molar-refractivity contribution in [3.05, 3.63) is 70.5 Å². The van der Waals surface area contributed by atoms with E-state index >= 15 is 0 Å². The van der Waals surface area contributed by atoms with Gasteiger partial charge in [0, 0.05) is 6.04 Å². The lowest BCUT2D eigenvalue weighted by molar-refractivity contribution is 0.504. The van der Waals surface area contributed by atoms with Gasteiger partial charge in [0.15, 0.2) is 11.6 Å². The van der Waals surface area contributed by atoms with Crippen molar-refractivity contribution < 1.29 is 13.2 Å². The molecule has 0 spiro atoms. The molecule has 1 atom stereocenters. The van der Waals surface area contributed by atoms with Crippen LogP contribution in [0.1, 0.15) is 22.7 Å². The van der Waals surface area contributed by atoms with Gasteiger partial charge in [0.2, 0.25) is 0 Å². The van der Waals surface area contributed by atoms with Crippen molar-refractivity contribution in [3.8, 4) is 0 Å². The van der Waals surface area contributed by atoms with Gasteiger partial charge >= 0.3 is 0 Å². The zero-order chi connectivity index (χ0) is 14.7. The van der Waals surface area contributed by atoms with Gasteiger partial charge in [-0.05, 0) is 55.3 Å². The lowest BCUT2D eigenvalue weighted by Gasteiger charge is -2.17. The quantitative estimate of drug-likeness (QED) is 0.894. The van der Waals surface area contributed by atoms with Crippen LogP contribution < -0.4 is 5.32 Å². The van der Waals surface area contributed by atoms with Gasteiger partial charge in [0.25, 0.3) is 0 Å². The van der Waals surface area contributed by atoms with Gasteiger partial charge in [0.05, 0.1) is 0 Å². The van der Waals surface area contributed by atoms with Crippen LogP contribution in [0.5, 0.6) is 0 Å². The van der Waals surface area contributed by atoms with Gasteiger partial charge in [-0.3, -0.25) is 0 Å². The van der Waals surface area contributed by atoms with Gasteiger partial charge in [0.1, 0.15) is 5.82 Å². The SMILES string of the molecule is CNC(Cc1ccc(F)c(F)c1)c1ccc(F)c(C)c1. The summed E-state index contributed by atoms with van der Waals surface area (Å²) in [6.07, 6.45) is 0.499. The molecule has 2 aromatic rings. The number of hydrogen-bond acceptors (Lipinski definition) is 1. The molecule has 0 radical (unpaired) electrons. The summed E-state index contributed by atoms with van der Waals surface area (Å²) in [5.74, 6) is -1.96. The van der Waals surface area contributed by atoms with Crippen LogP contribution >= 0.6 is 0 Å². The number of benzene rings is 2. The van der Waals surface area contributed by atoms with E-state index < -0.39 is 11.6 Å². The Morgan fingerprint density at radius 3 is 2.25 bits per heavy atom. The van der Waals surface area contributed by atoms with E-state index in [0.717, 1.165) is 11.6 Å². The molecular weight excluding hydrogens is 263 g/mol. The van der Waals surface area contributed by atoms with Crippen LogP contribution in [0.2, 0.25) is 0 Å². The largest absolute Gasteiger partial charge is 0.313 e. The summed E-state index contributed by atoms with van der Waals surface area (Å²) in [6.45, 7) is 1.70. The fourth-order valence-electron chi connectivity index (χ4n) is 2.17. The Bertz CT molecular complexity index is 611. The van der Waals surface area contributed by atoms with Gasteiger partial charge in [-0.15, -0.1) is 0 Å². The van der Waals surface area contributed by atoms with Crippen molar-refractivity contribution in [1.82, 2.24) is 5.32 Å². The van der Waals surface area contributed by atoms with Gasteiger partial charge in [-0.25, -0.2) is 13.2 Å². The zero-order valence-corrected chi connectivity index (χ0v) is 11.4. The van der Waals surface area contributed by atoms with E-state index in [0.29, 0.717) is 17.5 Å². The van der Waals surface area contributed by atoms with E-state index in [1.807, 2.05) is 0 Å². The Hall–Kier alpha value is -1.81. The summed E-state index contributed by atoms with van der Waals surface area (Å²) in [5.41, 5.74) is 2.16. The van der Waals surface area contributed by atoms with Crippen molar-refractivity contribution in [2.75, 3.05) is 7.05 Å². The highest BCUT2D eigenvalue weighted by Gasteiger charge is 2.13. The molecule has 0 aliphatic heterocycles. The Balaban J connectivity index is 2.23. The molecule has 0 amide bonds.